The van der Waals surface area contributed by atoms with Gasteiger partial charge in [0.25, 0.3) is 0 Å². The van der Waals surface area contributed by atoms with Crippen molar-refractivity contribution in [3.05, 3.63) is 0 Å². The molecular weight excluding hydrogens is 138 g/mol. The molecule has 0 saturated carbocycles. The van der Waals surface area contributed by atoms with Gasteiger partial charge in [-0.15, -0.1) is 0 Å². The standard InChI is InChI=1S/C5H11NS2/c1-4-5(6-2)3-7-8-4/h4-6H,3H2,1-2H3. The SMILES string of the molecule is CNC1CSSC1C. The molecule has 2 unspecified atom stereocenters. The summed E-state index contributed by atoms with van der Waals surface area (Å²) in [4.78, 5) is 0. The van der Waals surface area contributed by atoms with E-state index in [9.17, 15) is 0 Å². The van der Waals surface area contributed by atoms with Crippen molar-refractivity contribution in [3.63, 3.8) is 0 Å². The van der Waals surface area contributed by atoms with Gasteiger partial charge in [0, 0.05) is 17.0 Å². The Labute approximate surface area is 58.4 Å². The maximum atomic E-state index is 3.27. The van der Waals surface area contributed by atoms with Gasteiger partial charge in [0.05, 0.1) is 0 Å². The van der Waals surface area contributed by atoms with Gasteiger partial charge in [-0.05, 0) is 7.05 Å². The molecule has 1 nitrogen and oxygen atoms in total. The molecule has 1 N–H and O–H groups in total. The van der Waals surface area contributed by atoms with Crippen molar-refractivity contribution in [2.75, 3.05) is 12.8 Å². The molecule has 3 heteroatoms. The van der Waals surface area contributed by atoms with Crippen LogP contribution in [0.15, 0.2) is 0 Å². The largest absolute Gasteiger partial charge is 0.315 e. The van der Waals surface area contributed by atoms with Gasteiger partial charge in [0.1, 0.15) is 0 Å². The van der Waals surface area contributed by atoms with E-state index in [0.717, 1.165) is 11.3 Å². The summed E-state index contributed by atoms with van der Waals surface area (Å²) in [6.45, 7) is 2.27. The molecule has 2 atom stereocenters. The van der Waals surface area contributed by atoms with Crippen LogP contribution in [-0.2, 0) is 0 Å². The first-order chi connectivity index (χ1) is 3.84. The lowest BCUT2D eigenvalue weighted by Gasteiger charge is -2.09. The van der Waals surface area contributed by atoms with Gasteiger partial charge in [-0.2, -0.15) is 0 Å². The molecule has 1 heterocycles. The molecule has 1 fully saturated rings. The molecule has 0 radical (unpaired) electrons. The summed E-state index contributed by atoms with van der Waals surface area (Å²) >= 11 is 0. The summed E-state index contributed by atoms with van der Waals surface area (Å²) in [6, 6.07) is 0.741. The fourth-order valence-electron chi connectivity index (χ4n) is 0.741. The second kappa shape index (κ2) is 2.99. The Bertz CT molecular complexity index is 76.8. The van der Waals surface area contributed by atoms with Crippen LogP contribution in [0, 0.1) is 0 Å². The molecule has 1 rings (SSSR count). The van der Waals surface area contributed by atoms with E-state index in [-0.39, 0.29) is 0 Å². The fourth-order valence-corrected chi connectivity index (χ4v) is 3.85. The van der Waals surface area contributed by atoms with Crippen molar-refractivity contribution >= 4 is 21.6 Å². The number of hydrogen-bond donors (Lipinski definition) is 1. The fraction of sp³-hybridized carbons (Fsp3) is 1.00. The van der Waals surface area contributed by atoms with Crippen LogP contribution < -0.4 is 5.32 Å². The van der Waals surface area contributed by atoms with Gasteiger partial charge >= 0.3 is 0 Å². The summed E-state index contributed by atoms with van der Waals surface area (Å²) in [5, 5.41) is 4.07. The van der Waals surface area contributed by atoms with Gasteiger partial charge < -0.3 is 5.32 Å². The van der Waals surface area contributed by atoms with Crippen LogP contribution >= 0.6 is 21.6 Å². The van der Waals surface area contributed by atoms with Crippen LogP contribution in [-0.4, -0.2) is 24.1 Å². The first-order valence-electron chi connectivity index (χ1n) is 2.80. The third-order valence-corrected chi connectivity index (χ3v) is 4.40. The first kappa shape index (κ1) is 6.78. The zero-order valence-corrected chi connectivity index (χ0v) is 6.81. The third-order valence-electron chi connectivity index (χ3n) is 1.40. The van der Waals surface area contributed by atoms with Gasteiger partial charge in [0.15, 0.2) is 0 Å². The highest BCUT2D eigenvalue weighted by Gasteiger charge is 2.22. The summed E-state index contributed by atoms with van der Waals surface area (Å²) in [7, 11) is 5.99. The Kier molecular flexibility index (Phi) is 2.53. The average molecular weight is 149 g/mol. The molecule has 1 aliphatic rings. The molecular formula is C5H11NS2. The zero-order valence-electron chi connectivity index (χ0n) is 5.18. The minimum absolute atomic E-state index is 0.741. The molecule has 8 heavy (non-hydrogen) atoms. The van der Waals surface area contributed by atoms with E-state index in [4.69, 9.17) is 0 Å². The van der Waals surface area contributed by atoms with E-state index in [1.54, 1.807) is 0 Å². The second-order valence-electron chi connectivity index (χ2n) is 1.98. The first-order valence-corrected chi connectivity index (χ1v) is 5.18. The quantitative estimate of drug-likeness (QED) is 0.565. The van der Waals surface area contributed by atoms with E-state index in [1.807, 2.05) is 28.6 Å². The van der Waals surface area contributed by atoms with Crippen molar-refractivity contribution in [2.24, 2.45) is 0 Å². The Hall–Kier alpha value is 0.660. The zero-order chi connectivity index (χ0) is 5.98. The molecule has 0 bridgehead atoms. The summed E-state index contributed by atoms with van der Waals surface area (Å²) in [6.07, 6.45) is 0. The summed E-state index contributed by atoms with van der Waals surface area (Å²) in [5.41, 5.74) is 0. The van der Waals surface area contributed by atoms with E-state index < -0.39 is 0 Å². The molecule has 0 aromatic heterocycles. The van der Waals surface area contributed by atoms with Crippen molar-refractivity contribution in [2.45, 2.75) is 18.2 Å². The smallest absolute Gasteiger partial charge is 0.0288 e. The second-order valence-corrected chi connectivity index (χ2v) is 4.77. The van der Waals surface area contributed by atoms with Crippen molar-refractivity contribution in [3.8, 4) is 0 Å². The van der Waals surface area contributed by atoms with E-state index in [2.05, 4.69) is 12.2 Å². The maximum Gasteiger partial charge on any atom is 0.0288 e. The van der Waals surface area contributed by atoms with Crippen LogP contribution in [0.4, 0.5) is 0 Å². The minimum Gasteiger partial charge on any atom is -0.315 e. The summed E-state index contributed by atoms with van der Waals surface area (Å²) < 4.78 is 0. The highest BCUT2D eigenvalue weighted by atomic mass is 33.1. The Morgan fingerprint density at radius 3 is 2.62 bits per heavy atom. The lowest BCUT2D eigenvalue weighted by atomic mass is 10.2. The van der Waals surface area contributed by atoms with Crippen LogP contribution in [0.3, 0.4) is 0 Å². The molecule has 0 aromatic carbocycles. The highest BCUT2D eigenvalue weighted by molar-refractivity contribution is 8.77. The Balaban J connectivity index is 2.30. The van der Waals surface area contributed by atoms with Crippen molar-refractivity contribution < 1.29 is 0 Å². The highest BCUT2D eigenvalue weighted by Crippen LogP contribution is 2.36. The predicted octanol–water partition coefficient (Wildman–Crippen LogP) is 1.36. The summed E-state index contributed by atoms with van der Waals surface area (Å²) in [5.74, 6) is 1.27. The maximum absolute atomic E-state index is 3.27. The minimum atomic E-state index is 0.741. The third kappa shape index (κ3) is 1.33. The molecule has 0 amide bonds. The van der Waals surface area contributed by atoms with E-state index in [1.165, 1.54) is 5.75 Å². The molecule has 0 aromatic rings. The van der Waals surface area contributed by atoms with Crippen LogP contribution in [0.5, 0.6) is 0 Å². The Morgan fingerprint density at radius 1 is 1.62 bits per heavy atom. The topological polar surface area (TPSA) is 12.0 Å². The normalized spacial score (nSPS) is 38.2. The van der Waals surface area contributed by atoms with E-state index >= 15 is 0 Å². The van der Waals surface area contributed by atoms with Gasteiger partial charge in [-0.1, -0.05) is 28.5 Å². The number of hydrogen-bond acceptors (Lipinski definition) is 3. The van der Waals surface area contributed by atoms with Crippen LogP contribution in [0.2, 0.25) is 0 Å². The van der Waals surface area contributed by atoms with Gasteiger partial charge in [0.2, 0.25) is 0 Å². The predicted molar refractivity (Wildman–Crippen MR) is 42.4 cm³/mol. The molecule has 1 saturated heterocycles. The van der Waals surface area contributed by atoms with Crippen molar-refractivity contribution in [1.82, 2.24) is 5.32 Å². The number of nitrogens with one attached hydrogen (secondary N) is 1. The van der Waals surface area contributed by atoms with Crippen molar-refractivity contribution in [1.29, 1.82) is 0 Å². The molecule has 48 valence electrons. The lowest BCUT2D eigenvalue weighted by molar-refractivity contribution is 0.622. The molecule has 0 spiro atoms. The van der Waals surface area contributed by atoms with E-state index in [0.29, 0.717) is 0 Å². The van der Waals surface area contributed by atoms with Crippen LogP contribution in [0.25, 0.3) is 0 Å². The monoisotopic (exact) mass is 149 g/mol. The molecule has 1 aliphatic heterocycles. The number of rotatable bonds is 1. The Morgan fingerprint density at radius 2 is 2.38 bits per heavy atom. The van der Waals surface area contributed by atoms with Gasteiger partial charge in [-0.3, -0.25) is 0 Å². The molecule has 0 aliphatic carbocycles. The van der Waals surface area contributed by atoms with Crippen LogP contribution in [0.1, 0.15) is 6.92 Å². The average Bonchev–Trinajstić information content (AvgIpc) is 2.14. The lowest BCUT2D eigenvalue weighted by Crippen LogP contribution is -2.32. The van der Waals surface area contributed by atoms with Gasteiger partial charge in [-0.25, -0.2) is 0 Å².